The van der Waals surface area contributed by atoms with Crippen LogP contribution in [0, 0.1) is 6.92 Å². The van der Waals surface area contributed by atoms with Gasteiger partial charge in [0.15, 0.2) is 6.61 Å². The van der Waals surface area contributed by atoms with E-state index in [1.807, 2.05) is 45.0 Å². The van der Waals surface area contributed by atoms with Gasteiger partial charge in [-0.3, -0.25) is 4.79 Å². The average Bonchev–Trinajstić information content (AvgIpc) is 2.62. The van der Waals surface area contributed by atoms with Crippen molar-refractivity contribution in [3.8, 4) is 5.75 Å². The molecule has 0 aliphatic rings. The topological polar surface area (TPSA) is 64.6 Å². The second-order valence-corrected chi connectivity index (χ2v) is 5.84. The third-order valence-electron chi connectivity index (χ3n) is 3.69. The summed E-state index contributed by atoms with van der Waals surface area (Å²) in [5.41, 5.74) is 2.38. The SMILES string of the molecule is CC[C@H](C)OC(=O)COc1ccc(C(=O)Nc2ccc(C)cc2)cc1. The first-order valence-electron chi connectivity index (χ1n) is 8.28. The van der Waals surface area contributed by atoms with Crippen LogP contribution in [0.3, 0.4) is 0 Å². The summed E-state index contributed by atoms with van der Waals surface area (Å²) in [5.74, 6) is -0.102. The Morgan fingerprint density at radius 1 is 1.04 bits per heavy atom. The molecule has 2 aromatic rings. The van der Waals surface area contributed by atoms with Gasteiger partial charge in [-0.1, -0.05) is 24.6 Å². The Balaban J connectivity index is 1.87. The van der Waals surface area contributed by atoms with Gasteiger partial charge in [0.2, 0.25) is 0 Å². The molecule has 25 heavy (non-hydrogen) atoms. The fraction of sp³-hybridized carbons (Fsp3) is 0.300. The minimum absolute atomic E-state index is 0.121. The number of nitrogens with one attached hydrogen (secondary N) is 1. The largest absolute Gasteiger partial charge is 0.482 e. The molecule has 0 aliphatic carbocycles. The zero-order valence-electron chi connectivity index (χ0n) is 14.7. The molecule has 5 heteroatoms. The minimum Gasteiger partial charge on any atom is -0.482 e. The van der Waals surface area contributed by atoms with Gasteiger partial charge in [0.1, 0.15) is 5.75 Å². The fourth-order valence-electron chi connectivity index (χ4n) is 2.03. The Hall–Kier alpha value is -2.82. The maximum Gasteiger partial charge on any atom is 0.344 e. The zero-order chi connectivity index (χ0) is 18.2. The maximum absolute atomic E-state index is 12.2. The number of amides is 1. The number of anilines is 1. The van der Waals surface area contributed by atoms with Gasteiger partial charge in [-0.05, 0) is 56.7 Å². The Morgan fingerprint density at radius 3 is 2.28 bits per heavy atom. The molecule has 1 atom stereocenters. The number of aryl methyl sites for hydroxylation is 1. The van der Waals surface area contributed by atoms with Crippen molar-refractivity contribution in [2.24, 2.45) is 0 Å². The van der Waals surface area contributed by atoms with Gasteiger partial charge in [-0.15, -0.1) is 0 Å². The van der Waals surface area contributed by atoms with Gasteiger partial charge in [0.25, 0.3) is 5.91 Å². The van der Waals surface area contributed by atoms with E-state index in [1.165, 1.54) is 0 Å². The van der Waals surface area contributed by atoms with Crippen LogP contribution in [0.5, 0.6) is 5.75 Å². The van der Waals surface area contributed by atoms with Crippen LogP contribution >= 0.6 is 0 Å². The van der Waals surface area contributed by atoms with Crippen molar-refractivity contribution in [1.29, 1.82) is 0 Å². The first kappa shape index (κ1) is 18.5. The molecule has 0 aromatic heterocycles. The van der Waals surface area contributed by atoms with Gasteiger partial charge in [-0.2, -0.15) is 0 Å². The molecule has 0 fully saturated rings. The Labute approximate surface area is 148 Å². The molecule has 0 saturated carbocycles. The fourth-order valence-corrected chi connectivity index (χ4v) is 2.03. The highest BCUT2D eigenvalue weighted by atomic mass is 16.6. The summed E-state index contributed by atoms with van der Waals surface area (Å²) in [7, 11) is 0. The minimum atomic E-state index is -0.407. The van der Waals surface area contributed by atoms with E-state index >= 15 is 0 Å². The molecular formula is C20H23NO4. The van der Waals surface area contributed by atoms with Gasteiger partial charge in [-0.25, -0.2) is 4.79 Å². The first-order chi connectivity index (χ1) is 12.0. The summed E-state index contributed by atoms with van der Waals surface area (Å²) < 4.78 is 10.5. The van der Waals surface area contributed by atoms with Gasteiger partial charge < -0.3 is 14.8 Å². The lowest BCUT2D eigenvalue weighted by Crippen LogP contribution is -2.20. The lowest BCUT2D eigenvalue weighted by atomic mass is 10.2. The molecular weight excluding hydrogens is 318 g/mol. The van der Waals surface area contributed by atoms with Crippen LogP contribution in [0.4, 0.5) is 5.69 Å². The number of hydrogen-bond donors (Lipinski definition) is 1. The Kier molecular flexibility index (Phi) is 6.57. The summed E-state index contributed by atoms with van der Waals surface area (Å²) in [6.45, 7) is 5.61. The molecule has 2 rings (SSSR count). The lowest BCUT2D eigenvalue weighted by molar-refractivity contribution is -0.150. The van der Waals surface area contributed by atoms with Crippen molar-refractivity contribution in [2.45, 2.75) is 33.3 Å². The van der Waals surface area contributed by atoms with Crippen LogP contribution in [0.1, 0.15) is 36.2 Å². The van der Waals surface area contributed by atoms with Crippen molar-refractivity contribution in [1.82, 2.24) is 0 Å². The van der Waals surface area contributed by atoms with Crippen molar-refractivity contribution in [3.05, 3.63) is 59.7 Å². The van der Waals surface area contributed by atoms with E-state index in [0.717, 1.165) is 17.7 Å². The molecule has 2 aromatic carbocycles. The van der Waals surface area contributed by atoms with E-state index in [9.17, 15) is 9.59 Å². The maximum atomic E-state index is 12.2. The van der Waals surface area contributed by atoms with E-state index < -0.39 is 5.97 Å². The molecule has 0 aliphatic heterocycles. The molecule has 5 nitrogen and oxygen atoms in total. The van der Waals surface area contributed by atoms with Crippen molar-refractivity contribution < 1.29 is 19.1 Å². The molecule has 0 saturated heterocycles. The van der Waals surface area contributed by atoms with E-state index in [1.54, 1.807) is 24.3 Å². The summed E-state index contributed by atoms with van der Waals surface area (Å²) in [4.78, 5) is 23.8. The van der Waals surface area contributed by atoms with E-state index in [-0.39, 0.29) is 18.6 Å². The third-order valence-corrected chi connectivity index (χ3v) is 3.69. The predicted molar refractivity (Wildman–Crippen MR) is 96.9 cm³/mol. The second-order valence-electron chi connectivity index (χ2n) is 5.84. The first-order valence-corrected chi connectivity index (χ1v) is 8.28. The highest BCUT2D eigenvalue weighted by Gasteiger charge is 2.10. The molecule has 0 heterocycles. The number of carbonyl (C=O) groups excluding carboxylic acids is 2. The van der Waals surface area contributed by atoms with Crippen molar-refractivity contribution in [3.63, 3.8) is 0 Å². The lowest BCUT2D eigenvalue weighted by Gasteiger charge is -2.11. The van der Waals surface area contributed by atoms with E-state index in [4.69, 9.17) is 9.47 Å². The highest BCUT2D eigenvalue weighted by molar-refractivity contribution is 6.04. The second kappa shape index (κ2) is 8.87. The molecule has 0 unspecified atom stereocenters. The number of benzene rings is 2. The monoisotopic (exact) mass is 341 g/mol. The molecule has 0 radical (unpaired) electrons. The molecule has 132 valence electrons. The van der Waals surface area contributed by atoms with Crippen molar-refractivity contribution >= 4 is 17.6 Å². The average molecular weight is 341 g/mol. The molecule has 0 spiro atoms. The zero-order valence-corrected chi connectivity index (χ0v) is 14.7. The quantitative estimate of drug-likeness (QED) is 0.774. The summed E-state index contributed by atoms with van der Waals surface area (Å²) in [5, 5.41) is 2.83. The normalized spacial score (nSPS) is 11.5. The smallest absolute Gasteiger partial charge is 0.344 e. The Bertz CT molecular complexity index is 707. The Morgan fingerprint density at radius 2 is 1.68 bits per heavy atom. The van der Waals surface area contributed by atoms with Crippen LogP contribution in [0.2, 0.25) is 0 Å². The number of hydrogen-bond acceptors (Lipinski definition) is 4. The van der Waals surface area contributed by atoms with Crippen LogP contribution in [0.25, 0.3) is 0 Å². The third kappa shape index (κ3) is 5.95. The van der Waals surface area contributed by atoms with Crippen LogP contribution in [-0.2, 0) is 9.53 Å². The number of ether oxygens (including phenoxy) is 2. The highest BCUT2D eigenvalue weighted by Crippen LogP contribution is 2.15. The van der Waals surface area contributed by atoms with Crippen molar-refractivity contribution in [2.75, 3.05) is 11.9 Å². The standard InChI is InChI=1S/C20H23NO4/c1-4-15(3)25-19(22)13-24-18-11-7-16(8-12-18)20(23)21-17-9-5-14(2)6-10-17/h5-12,15H,4,13H2,1-3H3,(H,21,23)/t15-/m0/s1. The summed E-state index contributed by atoms with van der Waals surface area (Å²) in [6, 6.07) is 14.2. The summed E-state index contributed by atoms with van der Waals surface area (Å²) >= 11 is 0. The van der Waals surface area contributed by atoms with Crippen LogP contribution in [-0.4, -0.2) is 24.6 Å². The van der Waals surface area contributed by atoms with E-state index in [2.05, 4.69) is 5.32 Å². The van der Waals surface area contributed by atoms with E-state index in [0.29, 0.717) is 11.3 Å². The van der Waals surface area contributed by atoms with Gasteiger partial charge >= 0.3 is 5.97 Å². The number of carbonyl (C=O) groups is 2. The number of rotatable bonds is 7. The molecule has 0 bridgehead atoms. The van der Waals surface area contributed by atoms with Gasteiger partial charge in [0.05, 0.1) is 6.10 Å². The number of esters is 1. The summed E-state index contributed by atoms with van der Waals surface area (Å²) in [6.07, 6.45) is 0.639. The molecule has 1 N–H and O–H groups in total. The van der Waals surface area contributed by atoms with Crippen LogP contribution < -0.4 is 10.1 Å². The predicted octanol–water partition coefficient (Wildman–Crippen LogP) is 3.97. The molecule has 1 amide bonds. The van der Waals surface area contributed by atoms with Gasteiger partial charge in [0, 0.05) is 11.3 Å². The van der Waals surface area contributed by atoms with Crippen LogP contribution in [0.15, 0.2) is 48.5 Å².